The fourth-order valence-corrected chi connectivity index (χ4v) is 2.51. The van der Waals surface area contributed by atoms with Gasteiger partial charge in [0.25, 0.3) is 0 Å². The molecule has 1 saturated carbocycles. The van der Waals surface area contributed by atoms with Crippen molar-refractivity contribution in [3.63, 3.8) is 0 Å². The maximum Gasteiger partial charge on any atom is 0.110 e. The number of ether oxygens (including phenoxy) is 1. The Morgan fingerprint density at radius 3 is 2.88 bits per heavy atom. The highest BCUT2D eigenvalue weighted by Gasteiger charge is 2.38. The number of hydrogen-bond acceptors (Lipinski definition) is 2. The van der Waals surface area contributed by atoms with Crippen molar-refractivity contribution in [3.8, 4) is 0 Å². The Hall–Kier alpha value is -1.28. The van der Waals surface area contributed by atoms with Gasteiger partial charge in [-0.25, -0.2) is 0 Å². The highest BCUT2D eigenvalue weighted by Crippen LogP contribution is 2.40. The predicted molar refractivity (Wildman–Crippen MR) is 68.8 cm³/mol. The molecular weight excluding hydrogens is 210 g/mol. The minimum atomic E-state index is 0.372. The Morgan fingerprint density at radius 1 is 1.24 bits per heavy atom. The molecule has 1 fully saturated rings. The smallest absolute Gasteiger partial charge is 0.110 e. The van der Waals surface area contributed by atoms with Crippen molar-refractivity contribution < 1.29 is 4.74 Å². The summed E-state index contributed by atoms with van der Waals surface area (Å²) in [4.78, 5) is 0. The van der Waals surface area contributed by atoms with E-state index < -0.39 is 0 Å². The van der Waals surface area contributed by atoms with E-state index in [9.17, 15) is 0 Å². The molecule has 17 heavy (non-hydrogen) atoms. The van der Waals surface area contributed by atoms with Crippen molar-refractivity contribution in [2.24, 2.45) is 0 Å². The molecule has 90 valence electrons. The second-order valence-electron chi connectivity index (χ2n) is 4.97. The maximum atomic E-state index is 5.55. The highest BCUT2D eigenvalue weighted by molar-refractivity contribution is 5.27. The minimum Gasteiger partial charge on any atom is -0.497 e. The van der Waals surface area contributed by atoms with Gasteiger partial charge in [-0.3, -0.25) is 0 Å². The number of benzene rings is 1. The van der Waals surface area contributed by atoms with Gasteiger partial charge in [0.2, 0.25) is 0 Å². The monoisotopic (exact) mass is 229 g/mol. The van der Waals surface area contributed by atoms with Gasteiger partial charge < -0.3 is 10.1 Å². The topological polar surface area (TPSA) is 21.3 Å². The average molecular weight is 229 g/mol. The minimum absolute atomic E-state index is 0.372. The molecule has 2 aliphatic rings. The first kappa shape index (κ1) is 10.8. The number of hydrogen-bond donors (Lipinski definition) is 1. The third-order valence-corrected chi connectivity index (χ3v) is 3.65. The van der Waals surface area contributed by atoms with E-state index in [1.54, 1.807) is 0 Å². The summed E-state index contributed by atoms with van der Waals surface area (Å²) < 4.78 is 5.55. The molecule has 1 aliphatic carbocycles. The van der Waals surface area contributed by atoms with Crippen LogP contribution in [0.25, 0.3) is 0 Å². The van der Waals surface area contributed by atoms with Crippen LogP contribution in [-0.4, -0.2) is 18.7 Å². The van der Waals surface area contributed by atoms with Gasteiger partial charge in [0, 0.05) is 18.5 Å². The van der Waals surface area contributed by atoms with Gasteiger partial charge in [-0.1, -0.05) is 30.3 Å². The summed E-state index contributed by atoms with van der Waals surface area (Å²) >= 11 is 0. The summed E-state index contributed by atoms with van der Waals surface area (Å²) in [6.45, 7) is 0.984. The molecule has 3 atom stereocenters. The molecule has 1 heterocycles. The van der Waals surface area contributed by atoms with Crippen LogP contribution in [0.5, 0.6) is 0 Å². The zero-order valence-corrected chi connectivity index (χ0v) is 10.0. The van der Waals surface area contributed by atoms with Crippen molar-refractivity contribution in [1.29, 1.82) is 0 Å². The van der Waals surface area contributed by atoms with E-state index >= 15 is 0 Å². The number of rotatable bonds is 4. The number of nitrogens with one attached hydrogen (secondary N) is 1. The molecule has 0 amide bonds. The standard InChI is InChI=1S/C15H19NO/c1-2-6-12(7-3-1)14-10-15(14)16-11-13-8-4-5-9-17-13/h1-3,5-7,9,13-16H,4,8,10-11H2. The Kier molecular flexibility index (Phi) is 3.14. The summed E-state index contributed by atoms with van der Waals surface area (Å²) in [6.07, 6.45) is 7.88. The average Bonchev–Trinajstić information content (AvgIpc) is 3.18. The molecule has 2 heteroatoms. The molecule has 0 radical (unpaired) electrons. The molecule has 3 unspecified atom stereocenters. The Labute approximate surface area is 103 Å². The lowest BCUT2D eigenvalue weighted by molar-refractivity contribution is 0.122. The molecule has 0 aromatic heterocycles. The maximum absolute atomic E-state index is 5.55. The second kappa shape index (κ2) is 4.92. The molecule has 0 bridgehead atoms. The highest BCUT2D eigenvalue weighted by atomic mass is 16.5. The SMILES string of the molecule is C1=COC(CNC2CC2c2ccccc2)CC1. The molecule has 1 aliphatic heterocycles. The van der Waals surface area contributed by atoms with Gasteiger partial charge in [-0.15, -0.1) is 0 Å². The van der Waals surface area contributed by atoms with Crippen LogP contribution in [0, 0.1) is 0 Å². The summed E-state index contributed by atoms with van der Waals surface area (Å²) in [6, 6.07) is 11.4. The van der Waals surface area contributed by atoms with Crippen LogP contribution in [0.1, 0.15) is 30.7 Å². The van der Waals surface area contributed by atoms with Crippen molar-refractivity contribution >= 4 is 0 Å². The fourth-order valence-electron chi connectivity index (χ4n) is 2.51. The van der Waals surface area contributed by atoms with Crippen LogP contribution in [0.2, 0.25) is 0 Å². The van der Waals surface area contributed by atoms with Crippen LogP contribution in [0.4, 0.5) is 0 Å². The lowest BCUT2D eigenvalue weighted by Crippen LogP contribution is -2.31. The van der Waals surface area contributed by atoms with Gasteiger partial charge in [0.1, 0.15) is 6.10 Å². The van der Waals surface area contributed by atoms with E-state index in [1.165, 1.54) is 12.0 Å². The molecular formula is C15H19NO. The molecule has 1 N–H and O–H groups in total. The predicted octanol–water partition coefficient (Wildman–Crippen LogP) is 2.82. The summed E-state index contributed by atoms with van der Waals surface area (Å²) in [5.74, 6) is 0.718. The van der Waals surface area contributed by atoms with Crippen molar-refractivity contribution in [1.82, 2.24) is 5.32 Å². The third-order valence-electron chi connectivity index (χ3n) is 3.65. The van der Waals surface area contributed by atoms with Crippen LogP contribution < -0.4 is 5.32 Å². The number of allylic oxidation sites excluding steroid dienone is 1. The van der Waals surface area contributed by atoms with Crippen LogP contribution in [0.3, 0.4) is 0 Å². The van der Waals surface area contributed by atoms with Crippen LogP contribution >= 0.6 is 0 Å². The van der Waals surface area contributed by atoms with E-state index in [0.29, 0.717) is 12.1 Å². The quantitative estimate of drug-likeness (QED) is 0.857. The van der Waals surface area contributed by atoms with Gasteiger partial charge in [-0.2, -0.15) is 0 Å². The van der Waals surface area contributed by atoms with E-state index in [4.69, 9.17) is 4.74 Å². The third kappa shape index (κ3) is 2.70. The van der Waals surface area contributed by atoms with Gasteiger partial charge in [-0.05, 0) is 30.9 Å². The fraction of sp³-hybridized carbons (Fsp3) is 0.467. The Bertz CT molecular complexity index is 387. The second-order valence-corrected chi connectivity index (χ2v) is 4.97. The van der Waals surface area contributed by atoms with Crippen molar-refractivity contribution in [2.75, 3.05) is 6.54 Å². The van der Waals surface area contributed by atoms with E-state index in [0.717, 1.165) is 25.3 Å². The lowest BCUT2D eigenvalue weighted by Gasteiger charge is -2.19. The van der Waals surface area contributed by atoms with Crippen LogP contribution in [-0.2, 0) is 4.74 Å². The lowest BCUT2D eigenvalue weighted by atomic mass is 10.1. The molecule has 3 rings (SSSR count). The normalized spacial score (nSPS) is 30.9. The molecule has 0 spiro atoms. The summed E-state index contributed by atoms with van der Waals surface area (Å²) in [5.41, 5.74) is 1.47. The molecule has 2 nitrogen and oxygen atoms in total. The van der Waals surface area contributed by atoms with Gasteiger partial charge in [0.05, 0.1) is 6.26 Å². The van der Waals surface area contributed by atoms with E-state index in [-0.39, 0.29) is 0 Å². The zero-order valence-electron chi connectivity index (χ0n) is 10.0. The largest absolute Gasteiger partial charge is 0.497 e. The summed E-state index contributed by atoms with van der Waals surface area (Å²) in [5, 5.41) is 3.62. The molecule has 1 aromatic rings. The Morgan fingerprint density at radius 2 is 2.12 bits per heavy atom. The summed E-state index contributed by atoms with van der Waals surface area (Å²) in [7, 11) is 0. The van der Waals surface area contributed by atoms with Crippen LogP contribution in [0.15, 0.2) is 42.7 Å². The van der Waals surface area contributed by atoms with E-state index in [2.05, 4.69) is 41.7 Å². The molecule has 0 saturated heterocycles. The van der Waals surface area contributed by atoms with Gasteiger partial charge in [0.15, 0.2) is 0 Å². The van der Waals surface area contributed by atoms with E-state index in [1.807, 2.05) is 6.26 Å². The first-order valence-electron chi connectivity index (χ1n) is 6.52. The Balaban J connectivity index is 1.45. The first-order chi connectivity index (χ1) is 8.43. The van der Waals surface area contributed by atoms with Crippen molar-refractivity contribution in [3.05, 3.63) is 48.2 Å². The zero-order chi connectivity index (χ0) is 11.5. The molecule has 1 aromatic carbocycles. The first-order valence-corrected chi connectivity index (χ1v) is 6.52. The van der Waals surface area contributed by atoms with Gasteiger partial charge >= 0.3 is 0 Å². The van der Waals surface area contributed by atoms with Crippen molar-refractivity contribution in [2.45, 2.75) is 37.3 Å².